The summed E-state index contributed by atoms with van der Waals surface area (Å²) >= 11 is 1.65. The van der Waals surface area contributed by atoms with Gasteiger partial charge in [0, 0.05) is 13.2 Å². The van der Waals surface area contributed by atoms with Crippen LogP contribution in [0, 0.1) is 6.92 Å². The normalized spacial score (nSPS) is 10.4. The van der Waals surface area contributed by atoms with Crippen molar-refractivity contribution in [3.63, 3.8) is 0 Å². The van der Waals surface area contributed by atoms with Gasteiger partial charge in [0.25, 0.3) is 0 Å². The number of aromatic nitrogens is 3. The van der Waals surface area contributed by atoms with Crippen molar-refractivity contribution in [3.8, 4) is 5.75 Å². The average Bonchev–Trinajstić information content (AvgIpc) is 2.72. The van der Waals surface area contributed by atoms with Gasteiger partial charge >= 0.3 is 0 Å². The van der Waals surface area contributed by atoms with E-state index in [1.54, 1.807) is 22.2 Å². The van der Waals surface area contributed by atoms with Crippen LogP contribution in [0.2, 0.25) is 0 Å². The predicted molar refractivity (Wildman–Crippen MR) is 54.4 cm³/mol. The van der Waals surface area contributed by atoms with Crippen LogP contribution in [0.25, 0.3) is 0 Å². The van der Waals surface area contributed by atoms with Gasteiger partial charge < -0.3 is 4.74 Å². The largest absolute Gasteiger partial charge is 0.485 e. The second-order valence-electron chi connectivity index (χ2n) is 2.98. The summed E-state index contributed by atoms with van der Waals surface area (Å²) in [5.41, 5.74) is 0. The zero-order valence-electron chi connectivity index (χ0n) is 8.10. The van der Waals surface area contributed by atoms with Gasteiger partial charge in [0.15, 0.2) is 5.75 Å². The highest BCUT2D eigenvalue weighted by Gasteiger charge is 2.00. The smallest absolute Gasteiger partial charge is 0.157 e. The molecule has 0 saturated heterocycles. The summed E-state index contributed by atoms with van der Waals surface area (Å²) in [6.45, 7) is 2.55. The topological polar surface area (TPSA) is 39.9 Å². The molecule has 0 aromatic carbocycles. The highest BCUT2D eigenvalue weighted by atomic mass is 32.1. The molecule has 0 bridgehead atoms. The molecule has 14 heavy (non-hydrogen) atoms. The molecule has 0 aliphatic carbocycles. The number of nitrogens with zero attached hydrogens (tertiary/aromatic N) is 3. The molecular weight excluding hydrogens is 198 g/mol. The molecule has 0 amide bonds. The third kappa shape index (κ3) is 2.11. The molecule has 4 nitrogen and oxygen atoms in total. The van der Waals surface area contributed by atoms with Crippen LogP contribution in [0.4, 0.5) is 0 Å². The molecule has 2 rings (SSSR count). The first-order valence-corrected chi connectivity index (χ1v) is 5.08. The third-order valence-corrected chi connectivity index (χ3v) is 2.62. The Labute approximate surface area is 86.2 Å². The summed E-state index contributed by atoms with van der Waals surface area (Å²) in [5.74, 6) is 0.790. The third-order valence-electron chi connectivity index (χ3n) is 1.73. The standard InChI is InChI=1S/C9H11N3OS/c1-7-10-4-9(14-7)6-13-8-3-11-12(2)5-8/h3-5H,6H2,1-2H3. The van der Waals surface area contributed by atoms with Crippen LogP contribution in [0.15, 0.2) is 18.6 Å². The molecule has 0 aliphatic heterocycles. The van der Waals surface area contributed by atoms with Gasteiger partial charge in [0.1, 0.15) is 6.61 Å². The van der Waals surface area contributed by atoms with Gasteiger partial charge in [-0.1, -0.05) is 0 Å². The zero-order chi connectivity index (χ0) is 9.97. The number of rotatable bonds is 3. The molecule has 2 aromatic heterocycles. The summed E-state index contributed by atoms with van der Waals surface area (Å²) < 4.78 is 7.23. The molecule has 0 fully saturated rings. The molecular formula is C9H11N3OS. The van der Waals surface area contributed by atoms with Gasteiger partial charge in [-0.15, -0.1) is 11.3 Å². The Balaban J connectivity index is 1.94. The van der Waals surface area contributed by atoms with Gasteiger partial charge in [0.05, 0.1) is 22.3 Å². The minimum Gasteiger partial charge on any atom is -0.485 e. The molecule has 0 unspecified atom stereocenters. The second kappa shape index (κ2) is 3.79. The fourth-order valence-electron chi connectivity index (χ4n) is 1.10. The van der Waals surface area contributed by atoms with E-state index in [0.29, 0.717) is 6.61 Å². The number of aryl methyl sites for hydroxylation is 2. The molecule has 2 heterocycles. The number of thiazole rings is 1. The summed E-state index contributed by atoms with van der Waals surface area (Å²) in [4.78, 5) is 5.28. The lowest BCUT2D eigenvalue weighted by Gasteiger charge is -1.98. The molecule has 0 spiro atoms. The van der Waals surface area contributed by atoms with E-state index in [1.165, 1.54) is 0 Å². The first kappa shape index (κ1) is 9.21. The van der Waals surface area contributed by atoms with Gasteiger partial charge in [-0.25, -0.2) is 4.98 Å². The highest BCUT2D eigenvalue weighted by Crippen LogP contribution is 2.15. The quantitative estimate of drug-likeness (QED) is 0.773. The predicted octanol–water partition coefficient (Wildman–Crippen LogP) is 1.76. The zero-order valence-corrected chi connectivity index (χ0v) is 8.91. The van der Waals surface area contributed by atoms with Gasteiger partial charge in [0.2, 0.25) is 0 Å². The lowest BCUT2D eigenvalue weighted by Crippen LogP contribution is -1.91. The van der Waals surface area contributed by atoms with Crippen LogP contribution in [0.5, 0.6) is 5.75 Å². The number of ether oxygens (including phenoxy) is 1. The van der Waals surface area contributed by atoms with Crippen molar-refractivity contribution in [1.29, 1.82) is 0 Å². The highest BCUT2D eigenvalue weighted by molar-refractivity contribution is 7.11. The van der Waals surface area contributed by atoms with Crippen molar-refractivity contribution < 1.29 is 4.74 Å². The maximum atomic E-state index is 5.51. The molecule has 0 radical (unpaired) electrons. The molecule has 74 valence electrons. The summed E-state index contributed by atoms with van der Waals surface area (Å²) in [6.07, 6.45) is 5.39. The van der Waals surface area contributed by atoms with E-state index >= 15 is 0 Å². The van der Waals surface area contributed by atoms with E-state index in [1.807, 2.05) is 26.4 Å². The maximum absolute atomic E-state index is 5.51. The maximum Gasteiger partial charge on any atom is 0.157 e. The van der Waals surface area contributed by atoms with Crippen LogP contribution in [0.1, 0.15) is 9.88 Å². The van der Waals surface area contributed by atoms with Gasteiger partial charge in [-0.3, -0.25) is 4.68 Å². The lowest BCUT2D eigenvalue weighted by atomic mass is 10.6. The fraction of sp³-hybridized carbons (Fsp3) is 0.333. The van der Waals surface area contributed by atoms with Crippen molar-refractivity contribution in [2.45, 2.75) is 13.5 Å². The van der Waals surface area contributed by atoms with Crippen molar-refractivity contribution in [2.24, 2.45) is 7.05 Å². The molecule has 2 aromatic rings. The molecule has 0 N–H and O–H groups in total. The second-order valence-corrected chi connectivity index (χ2v) is 4.30. The van der Waals surface area contributed by atoms with Crippen LogP contribution in [-0.4, -0.2) is 14.8 Å². The van der Waals surface area contributed by atoms with E-state index in [-0.39, 0.29) is 0 Å². The van der Waals surface area contributed by atoms with E-state index < -0.39 is 0 Å². The first-order valence-electron chi connectivity index (χ1n) is 4.27. The summed E-state index contributed by atoms with van der Waals surface area (Å²) in [6, 6.07) is 0. The van der Waals surface area contributed by atoms with Crippen molar-refractivity contribution in [1.82, 2.24) is 14.8 Å². The lowest BCUT2D eigenvalue weighted by molar-refractivity contribution is 0.309. The Bertz CT molecular complexity index is 381. The molecule has 0 saturated carbocycles. The molecule has 0 atom stereocenters. The van der Waals surface area contributed by atoms with E-state index in [0.717, 1.165) is 15.6 Å². The fourth-order valence-corrected chi connectivity index (χ4v) is 1.81. The van der Waals surface area contributed by atoms with Crippen molar-refractivity contribution >= 4 is 11.3 Å². The SMILES string of the molecule is Cc1ncc(COc2cnn(C)c2)s1. The molecule has 5 heteroatoms. The Kier molecular flexibility index (Phi) is 2.49. The van der Waals surface area contributed by atoms with Crippen molar-refractivity contribution in [3.05, 3.63) is 28.5 Å². The minimum absolute atomic E-state index is 0.567. The Hall–Kier alpha value is -1.36. The van der Waals surface area contributed by atoms with E-state index in [4.69, 9.17) is 4.74 Å². The summed E-state index contributed by atoms with van der Waals surface area (Å²) in [7, 11) is 1.86. The minimum atomic E-state index is 0.567. The van der Waals surface area contributed by atoms with Gasteiger partial charge in [-0.05, 0) is 6.92 Å². The Morgan fingerprint density at radius 1 is 1.50 bits per heavy atom. The molecule has 0 aliphatic rings. The van der Waals surface area contributed by atoms with E-state index in [2.05, 4.69) is 10.1 Å². The number of hydrogen-bond donors (Lipinski definition) is 0. The Morgan fingerprint density at radius 3 is 2.93 bits per heavy atom. The van der Waals surface area contributed by atoms with Crippen LogP contribution >= 0.6 is 11.3 Å². The van der Waals surface area contributed by atoms with E-state index in [9.17, 15) is 0 Å². The van der Waals surface area contributed by atoms with Crippen LogP contribution in [0.3, 0.4) is 0 Å². The summed E-state index contributed by atoms with van der Waals surface area (Å²) in [5, 5.41) is 5.08. The van der Waals surface area contributed by atoms with Crippen LogP contribution in [-0.2, 0) is 13.7 Å². The van der Waals surface area contributed by atoms with Crippen LogP contribution < -0.4 is 4.74 Å². The first-order chi connectivity index (χ1) is 6.74. The van der Waals surface area contributed by atoms with Crippen molar-refractivity contribution in [2.75, 3.05) is 0 Å². The van der Waals surface area contributed by atoms with Gasteiger partial charge in [-0.2, -0.15) is 5.10 Å². The Morgan fingerprint density at radius 2 is 2.36 bits per heavy atom. The average molecular weight is 209 g/mol. The number of hydrogen-bond acceptors (Lipinski definition) is 4. The monoisotopic (exact) mass is 209 g/mol.